The Bertz CT molecular complexity index is 946. The van der Waals surface area contributed by atoms with Crippen LogP contribution in [0.4, 0.5) is 5.69 Å². The average molecular weight is 396 g/mol. The van der Waals surface area contributed by atoms with Crippen molar-refractivity contribution in [2.75, 3.05) is 11.9 Å². The third-order valence-corrected chi connectivity index (χ3v) is 5.23. The van der Waals surface area contributed by atoms with Gasteiger partial charge in [-0.1, -0.05) is 41.9 Å². The van der Waals surface area contributed by atoms with Crippen LogP contribution in [0.1, 0.15) is 31.1 Å². The Labute approximate surface area is 169 Å². The zero-order valence-electron chi connectivity index (χ0n) is 15.5. The zero-order valence-corrected chi connectivity index (χ0v) is 16.2. The fourth-order valence-corrected chi connectivity index (χ4v) is 3.55. The van der Waals surface area contributed by atoms with E-state index in [-0.39, 0.29) is 18.6 Å². The maximum Gasteiger partial charge on any atom is 0.228 e. The molecule has 2 aromatic carbocycles. The highest BCUT2D eigenvalue weighted by molar-refractivity contribution is 6.31. The van der Waals surface area contributed by atoms with Crippen LogP contribution in [0, 0.1) is 0 Å². The third kappa shape index (κ3) is 4.43. The van der Waals surface area contributed by atoms with Gasteiger partial charge in [-0.3, -0.25) is 4.79 Å². The lowest BCUT2D eigenvalue weighted by Crippen LogP contribution is -2.18. The molecule has 4 rings (SSSR count). The largest absolute Gasteiger partial charge is 0.357 e. The Morgan fingerprint density at radius 2 is 1.96 bits per heavy atom. The van der Waals surface area contributed by atoms with Crippen molar-refractivity contribution in [3.8, 4) is 11.1 Å². The van der Waals surface area contributed by atoms with Crippen molar-refractivity contribution < 1.29 is 9.53 Å². The lowest BCUT2D eigenvalue weighted by atomic mass is 10.1. The van der Waals surface area contributed by atoms with Crippen LogP contribution in [0.25, 0.3) is 11.1 Å². The summed E-state index contributed by atoms with van der Waals surface area (Å²) in [4.78, 5) is 12.3. The molecule has 1 aromatic heterocycles. The molecule has 0 aliphatic carbocycles. The number of amides is 1. The van der Waals surface area contributed by atoms with Gasteiger partial charge in [-0.2, -0.15) is 5.10 Å². The second-order valence-electron chi connectivity index (χ2n) is 6.92. The average Bonchev–Trinajstić information content (AvgIpc) is 3.21. The van der Waals surface area contributed by atoms with E-state index >= 15 is 0 Å². The van der Waals surface area contributed by atoms with Crippen LogP contribution in [-0.4, -0.2) is 22.3 Å². The van der Waals surface area contributed by atoms with Gasteiger partial charge in [0.2, 0.25) is 5.91 Å². The monoisotopic (exact) mass is 395 g/mol. The summed E-state index contributed by atoms with van der Waals surface area (Å²) in [6.45, 7) is 0.794. The summed E-state index contributed by atoms with van der Waals surface area (Å²) in [5.74, 6) is -0.0943. The number of aromatic nitrogens is 2. The predicted octanol–water partition coefficient (Wildman–Crippen LogP) is 5.08. The fourth-order valence-electron chi connectivity index (χ4n) is 3.34. The minimum absolute atomic E-state index is 0.0332. The molecule has 1 aliphatic rings. The number of benzene rings is 2. The molecule has 0 bridgehead atoms. The van der Waals surface area contributed by atoms with E-state index < -0.39 is 0 Å². The van der Waals surface area contributed by atoms with Gasteiger partial charge >= 0.3 is 0 Å². The van der Waals surface area contributed by atoms with Gasteiger partial charge in [0.05, 0.1) is 12.6 Å². The van der Waals surface area contributed by atoms with Gasteiger partial charge in [-0.05, 0) is 48.6 Å². The molecule has 1 saturated heterocycles. The Hall–Kier alpha value is -2.63. The number of nitrogens with zero attached hydrogens (tertiary/aromatic N) is 2. The summed E-state index contributed by atoms with van der Waals surface area (Å²) in [6, 6.07) is 15.1. The molecule has 0 radical (unpaired) electrons. The number of hydrogen-bond acceptors (Lipinski definition) is 3. The van der Waals surface area contributed by atoms with Gasteiger partial charge < -0.3 is 10.1 Å². The maximum atomic E-state index is 12.3. The molecule has 0 saturated carbocycles. The van der Waals surface area contributed by atoms with Crippen molar-refractivity contribution in [1.29, 1.82) is 0 Å². The van der Waals surface area contributed by atoms with Gasteiger partial charge in [-0.15, -0.1) is 0 Å². The SMILES string of the molecule is O=C(Cc1ccccc1Cl)Nc1ccc(-c2cnn(C3CCCCO3)c2)cc1. The van der Waals surface area contributed by atoms with Crippen molar-refractivity contribution in [3.63, 3.8) is 0 Å². The number of hydrogen-bond donors (Lipinski definition) is 1. The number of nitrogens with one attached hydrogen (secondary N) is 1. The first-order valence-corrected chi connectivity index (χ1v) is 9.86. The highest BCUT2D eigenvalue weighted by atomic mass is 35.5. The number of anilines is 1. The van der Waals surface area contributed by atoms with E-state index in [0.717, 1.165) is 41.8 Å². The van der Waals surface area contributed by atoms with Crippen LogP contribution < -0.4 is 5.32 Å². The molecule has 1 fully saturated rings. The highest BCUT2D eigenvalue weighted by Crippen LogP contribution is 2.26. The van der Waals surface area contributed by atoms with Crippen molar-refractivity contribution in [3.05, 3.63) is 71.5 Å². The van der Waals surface area contributed by atoms with Crippen LogP contribution in [0.15, 0.2) is 60.9 Å². The molecule has 5 nitrogen and oxygen atoms in total. The third-order valence-electron chi connectivity index (χ3n) is 4.86. The molecular formula is C22H22ClN3O2. The maximum absolute atomic E-state index is 12.3. The first kappa shape index (κ1) is 18.7. The Morgan fingerprint density at radius 1 is 1.14 bits per heavy atom. The summed E-state index contributed by atoms with van der Waals surface area (Å²) in [5.41, 5.74) is 3.65. The molecule has 1 N–H and O–H groups in total. The Balaban J connectivity index is 1.39. The van der Waals surface area contributed by atoms with Crippen LogP contribution in [-0.2, 0) is 16.0 Å². The highest BCUT2D eigenvalue weighted by Gasteiger charge is 2.16. The summed E-state index contributed by atoms with van der Waals surface area (Å²) < 4.78 is 7.67. The summed E-state index contributed by atoms with van der Waals surface area (Å²) in [5, 5.41) is 7.97. The van der Waals surface area contributed by atoms with Crippen LogP contribution in [0.2, 0.25) is 5.02 Å². The van der Waals surface area contributed by atoms with E-state index in [0.29, 0.717) is 5.02 Å². The van der Waals surface area contributed by atoms with Crippen molar-refractivity contribution in [2.45, 2.75) is 31.9 Å². The molecule has 1 atom stereocenters. The quantitative estimate of drug-likeness (QED) is 0.655. The molecule has 1 amide bonds. The molecule has 28 heavy (non-hydrogen) atoms. The van der Waals surface area contributed by atoms with E-state index in [1.165, 1.54) is 6.42 Å². The predicted molar refractivity (Wildman–Crippen MR) is 110 cm³/mol. The van der Waals surface area contributed by atoms with E-state index in [1.54, 1.807) is 6.07 Å². The first-order chi connectivity index (χ1) is 13.7. The molecule has 1 unspecified atom stereocenters. The van der Waals surface area contributed by atoms with E-state index in [1.807, 2.05) is 59.5 Å². The van der Waals surface area contributed by atoms with E-state index in [9.17, 15) is 4.79 Å². The molecule has 1 aliphatic heterocycles. The van der Waals surface area contributed by atoms with E-state index in [4.69, 9.17) is 16.3 Å². The van der Waals surface area contributed by atoms with Crippen molar-refractivity contribution in [1.82, 2.24) is 9.78 Å². The van der Waals surface area contributed by atoms with Crippen molar-refractivity contribution in [2.24, 2.45) is 0 Å². The minimum atomic E-state index is -0.0943. The molecule has 2 heterocycles. The fraction of sp³-hybridized carbons (Fsp3) is 0.273. The number of halogens is 1. The Morgan fingerprint density at radius 3 is 2.71 bits per heavy atom. The van der Waals surface area contributed by atoms with Crippen molar-refractivity contribution >= 4 is 23.2 Å². The van der Waals surface area contributed by atoms with Gasteiger partial charge in [0.15, 0.2) is 0 Å². The van der Waals surface area contributed by atoms with Gasteiger partial charge in [0.25, 0.3) is 0 Å². The van der Waals surface area contributed by atoms with Gasteiger partial charge in [0.1, 0.15) is 6.23 Å². The van der Waals surface area contributed by atoms with E-state index in [2.05, 4.69) is 10.4 Å². The molecule has 3 aromatic rings. The summed E-state index contributed by atoms with van der Waals surface area (Å²) in [6.07, 6.45) is 7.43. The van der Waals surface area contributed by atoms with Crippen LogP contribution in [0.5, 0.6) is 0 Å². The molecular weight excluding hydrogens is 374 g/mol. The minimum Gasteiger partial charge on any atom is -0.357 e. The topological polar surface area (TPSA) is 56.2 Å². The number of carbonyl (C=O) groups is 1. The lowest BCUT2D eigenvalue weighted by Gasteiger charge is -2.22. The van der Waals surface area contributed by atoms with Gasteiger partial charge in [-0.25, -0.2) is 4.68 Å². The number of carbonyl (C=O) groups excluding carboxylic acids is 1. The number of ether oxygens (including phenoxy) is 1. The second kappa shape index (κ2) is 8.59. The second-order valence-corrected chi connectivity index (χ2v) is 7.33. The normalized spacial score (nSPS) is 16.7. The smallest absolute Gasteiger partial charge is 0.228 e. The van der Waals surface area contributed by atoms with Crippen LogP contribution in [0.3, 0.4) is 0 Å². The summed E-state index contributed by atoms with van der Waals surface area (Å²) in [7, 11) is 0. The lowest BCUT2D eigenvalue weighted by molar-refractivity contribution is -0.115. The number of rotatable bonds is 5. The van der Waals surface area contributed by atoms with Gasteiger partial charge in [0, 0.05) is 29.1 Å². The summed E-state index contributed by atoms with van der Waals surface area (Å²) >= 11 is 6.12. The van der Waals surface area contributed by atoms with Crippen LogP contribution >= 0.6 is 11.6 Å². The first-order valence-electron chi connectivity index (χ1n) is 9.48. The molecule has 6 heteroatoms. The zero-order chi connectivity index (χ0) is 19.3. The standard InChI is InChI=1S/C22H22ClN3O2/c23-20-6-2-1-5-17(20)13-21(27)25-19-10-8-16(9-11-19)18-14-24-26(15-18)22-7-3-4-12-28-22/h1-2,5-6,8-11,14-15,22H,3-4,7,12-13H2,(H,25,27). The molecule has 0 spiro atoms. The Kier molecular flexibility index (Phi) is 5.74. The molecule has 144 valence electrons.